The molecule has 0 spiro atoms. The summed E-state index contributed by atoms with van der Waals surface area (Å²) in [6.07, 6.45) is 3.11. The van der Waals surface area contributed by atoms with Gasteiger partial charge in [0.1, 0.15) is 17.8 Å². The van der Waals surface area contributed by atoms with E-state index in [-0.39, 0.29) is 24.6 Å². The van der Waals surface area contributed by atoms with Crippen LogP contribution in [0.15, 0.2) is 65.7 Å². The second-order valence-electron chi connectivity index (χ2n) is 7.13. The molecule has 0 bridgehead atoms. The third-order valence-corrected chi connectivity index (χ3v) is 5.01. The number of ether oxygens (including phenoxy) is 1. The summed E-state index contributed by atoms with van der Waals surface area (Å²) in [5, 5.41) is 17.2. The molecule has 158 valence electrons. The molecule has 4 rings (SSSR count). The van der Waals surface area contributed by atoms with E-state index in [4.69, 9.17) is 4.74 Å². The lowest BCUT2D eigenvalue weighted by Crippen LogP contribution is -2.28. The molecule has 0 unspecified atom stereocenters. The maximum atomic E-state index is 13.1. The number of carbonyl (C=O) groups excluding carboxylic acids is 1. The summed E-state index contributed by atoms with van der Waals surface area (Å²) in [6, 6.07) is 14.8. The molecular formula is C23H22N4O4. The van der Waals surface area contributed by atoms with Crippen molar-refractivity contribution in [1.82, 2.24) is 14.2 Å². The molecule has 0 atom stereocenters. The lowest BCUT2D eigenvalue weighted by Gasteiger charge is -2.12. The van der Waals surface area contributed by atoms with E-state index in [1.165, 1.54) is 22.4 Å². The Labute approximate surface area is 178 Å². The van der Waals surface area contributed by atoms with Crippen LogP contribution in [0.4, 0.5) is 5.69 Å². The Bertz CT molecular complexity index is 1310. The Morgan fingerprint density at radius 1 is 1.16 bits per heavy atom. The maximum absolute atomic E-state index is 13.1. The average Bonchev–Trinajstić information content (AvgIpc) is 3.16. The molecule has 0 saturated heterocycles. The highest BCUT2D eigenvalue weighted by atomic mass is 16.5. The van der Waals surface area contributed by atoms with Gasteiger partial charge in [-0.3, -0.25) is 9.59 Å². The topological polar surface area (TPSA) is 97.9 Å². The molecule has 0 radical (unpaired) electrons. The first kappa shape index (κ1) is 20.4. The number of aliphatic hydroxyl groups excluding tert-OH is 1. The van der Waals surface area contributed by atoms with E-state index in [0.717, 1.165) is 11.1 Å². The number of carbonyl (C=O) groups is 1. The van der Waals surface area contributed by atoms with Gasteiger partial charge in [-0.1, -0.05) is 36.4 Å². The monoisotopic (exact) mass is 418 g/mol. The number of nitrogens with zero attached hydrogens (tertiary/aromatic N) is 3. The van der Waals surface area contributed by atoms with E-state index < -0.39 is 5.56 Å². The summed E-state index contributed by atoms with van der Waals surface area (Å²) in [7, 11) is 1.53. The summed E-state index contributed by atoms with van der Waals surface area (Å²) in [6.45, 7) is 1.37. The summed E-state index contributed by atoms with van der Waals surface area (Å²) in [5.74, 6) is 0.163. The van der Waals surface area contributed by atoms with Crippen LogP contribution in [-0.4, -0.2) is 32.3 Å². The van der Waals surface area contributed by atoms with Crippen molar-refractivity contribution >= 4 is 17.1 Å². The van der Waals surface area contributed by atoms with Crippen molar-refractivity contribution in [1.29, 1.82) is 0 Å². The highest BCUT2D eigenvalue weighted by Gasteiger charge is 2.18. The van der Waals surface area contributed by atoms with Gasteiger partial charge in [-0.2, -0.15) is 5.10 Å². The minimum Gasteiger partial charge on any atom is -0.495 e. The molecule has 0 aliphatic carbocycles. The highest BCUT2D eigenvalue weighted by Crippen LogP contribution is 2.26. The van der Waals surface area contributed by atoms with Crippen molar-refractivity contribution in [3.63, 3.8) is 0 Å². The normalized spacial score (nSPS) is 10.9. The quantitative estimate of drug-likeness (QED) is 0.502. The second-order valence-corrected chi connectivity index (χ2v) is 7.13. The van der Waals surface area contributed by atoms with E-state index in [2.05, 4.69) is 10.4 Å². The van der Waals surface area contributed by atoms with E-state index in [0.29, 0.717) is 22.7 Å². The van der Waals surface area contributed by atoms with Crippen LogP contribution in [0.1, 0.15) is 11.1 Å². The van der Waals surface area contributed by atoms with Gasteiger partial charge < -0.3 is 19.7 Å². The lowest BCUT2D eigenvalue weighted by molar-refractivity contribution is -0.116. The Hall–Kier alpha value is -3.91. The van der Waals surface area contributed by atoms with Crippen LogP contribution in [0.5, 0.6) is 5.75 Å². The number of nitrogens with one attached hydrogen (secondary N) is 1. The molecule has 2 N–H and O–H groups in total. The van der Waals surface area contributed by atoms with E-state index >= 15 is 0 Å². The third-order valence-electron chi connectivity index (χ3n) is 5.01. The minimum atomic E-state index is -0.410. The van der Waals surface area contributed by atoms with Crippen molar-refractivity contribution in [2.75, 3.05) is 12.4 Å². The number of aryl methyl sites for hydroxylation is 1. The van der Waals surface area contributed by atoms with Gasteiger partial charge in [-0.05, 0) is 24.6 Å². The number of rotatable bonds is 6. The Morgan fingerprint density at radius 2 is 1.94 bits per heavy atom. The second kappa shape index (κ2) is 8.45. The van der Waals surface area contributed by atoms with Crippen molar-refractivity contribution in [3.05, 3.63) is 82.4 Å². The number of benzene rings is 2. The SMILES string of the molecule is COc1ccc(C)cc1NC(=O)Cn1ccn2nc(-c3ccccc3)c(CO)c2c1=O. The molecule has 31 heavy (non-hydrogen) atoms. The van der Waals surface area contributed by atoms with Gasteiger partial charge in [0.2, 0.25) is 5.91 Å². The zero-order chi connectivity index (χ0) is 22.0. The molecule has 0 saturated carbocycles. The number of hydrogen-bond donors (Lipinski definition) is 2. The zero-order valence-electron chi connectivity index (χ0n) is 17.2. The van der Waals surface area contributed by atoms with Crippen molar-refractivity contribution in [2.45, 2.75) is 20.1 Å². The van der Waals surface area contributed by atoms with Crippen LogP contribution in [0, 0.1) is 6.92 Å². The third kappa shape index (κ3) is 3.93. The molecule has 0 fully saturated rings. The van der Waals surface area contributed by atoms with Gasteiger partial charge in [-0.15, -0.1) is 0 Å². The molecule has 8 nitrogen and oxygen atoms in total. The van der Waals surface area contributed by atoms with Crippen molar-refractivity contribution in [3.8, 4) is 17.0 Å². The fourth-order valence-electron chi connectivity index (χ4n) is 3.52. The van der Waals surface area contributed by atoms with Gasteiger partial charge in [0.05, 0.1) is 25.1 Å². The van der Waals surface area contributed by atoms with Crippen molar-refractivity contribution < 1.29 is 14.6 Å². The van der Waals surface area contributed by atoms with Crippen LogP contribution >= 0.6 is 0 Å². The van der Waals surface area contributed by atoms with Crippen LogP contribution in [0.25, 0.3) is 16.8 Å². The van der Waals surface area contributed by atoms with Crippen molar-refractivity contribution in [2.24, 2.45) is 0 Å². The maximum Gasteiger partial charge on any atom is 0.277 e. The molecule has 2 aromatic carbocycles. The number of amides is 1. The predicted octanol–water partition coefficient (Wildman–Crippen LogP) is 2.61. The molecule has 1 amide bonds. The van der Waals surface area contributed by atoms with Gasteiger partial charge in [-0.25, -0.2) is 4.52 Å². The lowest BCUT2D eigenvalue weighted by atomic mass is 10.1. The molecule has 2 aromatic heterocycles. The largest absolute Gasteiger partial charge is 0.495 e. The summed E-state index contributed by atoms with van der Waals surface area (Å²) in [4.78, 5) is 25.7. The van der Waals surface area contributed by atoms with Gasteiger partial charge in [0.15, 0.2) is 0 Å². The number of aliphatic hydroxyl groups is 1. The van der Waals surface area contributed by atoms with E-state index in [9.17, 15) is 14.7 Å². The number of methoxy groups -OCH3 is 1. The molecular weight excluding hydrogens is 396 g/mol. The molecule has 0 aliphatic heterocycles. The number of fused-ring (bicyclic) bond motifs is 1. The standard InChI is InChI=1S/C23H22N4O4/c1-15-8-9-19(31-2)18(12-15)24-20(29)13-26-10-11-27-22(23(26)30)17(14-28)21(25-27)16-6-4-3-5-7-16/h3-12,28H,13-14H2,1-2H3,(H,24,29). The van der Waals surface area contributed by atoms with Crippen LogP contribution in [0.3, 0.4) is 0 Å². The number of anilines is 1. The summed E-state index contributed by atoms with van der Waals surface area (Å²) >= 11 is 0. The number of aromatic nitrogens is 3. The number of hydrogen-bond acceptors (Lipinski definition) is 5. The first-order chi connectivity index (χ1) is 15.0. The Kier molecular flexibility index (Phi) is 5.55. The van der Waals surface area contributed by atoms with Crippen LogP contribution in [0.2, 0.25) is 0 Å². The Morgan fingerprint density at radius 3 is 2.65 bits per heavy atom. The fraction of sp³-hybridized carbons (Fsp3) is 0.174. The first-order valence-corrected chi connectivity index (χ1v) is 9.73. The van der Waals surface area contributed by atoms with Gasteiger partial charge >= 0.3 is 0 Å². The van der Waals surface area contributed by atoms with E-state index in [1.807, 2.05) is 43.3 Å². The van der Waals surface area contributed by atoms with Crippen LogP contribution < -0.4 is 15.6 Å². The van der Waals surface area contributed by atoms with Gasteiger partial charge in [0, 0.05) is 23.5 Å². The Balaban J connectivity index is 1.68. The van der Waals surface area contributed by atoms with E-state index in [1.54, 1.807) is 18.3 Å². The molecule has 0 aliphatic rings. The average molecular weight is 418 g/mol. The molecule has 4 aromatic rings. The predicted molar refractivity (Wildman–Crippen MR) is 117 cm³/mol. The highest BCUT2D eigenvalue weighted by molar-refractivity contribution is 5.92. The minimum absolute atomic E-state index is 0.191. The zero-order valence-corrected chi connectivity index (χ0v) is 17.2. The summed E-state index contributed by atoms with van der Waals surface area (Å²) < 4.78 is 8.02. The first-order valence-electron chi connectivity index (χ1n) is 9.73. The van der Waals surface area contributed by atoms with Crippen LogP contribution in [-0.2, 0) is 17.9 Å². The molecule has 2 heterocycles. The summed E-state index contributed by atoms with van der Waals surface area (Å²) in [5.41, 5.74) is 3.09. The smallest absolute Gasteiger partial charge is 0.277 e. The molecule has 8 heteroatoms. The fourth-order valence-corrected chi connectivity index (χ4v) is 3.52. The van der Waals surface area contributed by atoms with Gasteiger partial charge in [0.25, 0.3) is 5.56 Å².